The summed E-state index contributed by atoms with van der Waals surface area (Å²) in [6.45, 7) is 3.13. The molecular formula is C24H33NO5. The zero-order valence-corrected chi connectivity index (χ0v) is 17.8. The molecule has 1 aromatic carbocycles. The maximum atomic E-state index is 12.4. The second-order valence-corrected chi connectivity index (χ2v) is 10.1. The summed E-state index contributed by atoms with van der Waals surface area (Å²) in [4.78, 5) is 2.58. The largest absolute Gasteiger partial charge is 0.504 e. The molecule has 2 N–H and O–H groups in total. The molecule has 0 amide bonds. The molecule has 0 aromatic heterocycles. The highest BCUT2D eigenvalue weighted by atomic mass is 16.6. The van der Waals surface area contributed by atoms with E-state index in [0.717, 1.165) is 43.8 Å². The van der Waals surface area contributed by atoms with Crippen LogP contribution in [0.4, 0.5) is 0 Å². The lowest BCUT2D eigenvalue weighted by molar-refractivity contribution is -0.217. The van der Waals surface area contributed by atoms with Crippen LogP contribution in [0, 0.1) is 5.92 Å². The highest BCUT2D eigenvalue weighted by Gasteiger charge is 2.73. The van der Waals surface area contributed by atoms with Crippen LogP contribution in [0.15, 0.2) is 12.1 Å². The summed E-state index contributed by atoms with van der Waals surface area (Å²) in [6.07, 6.45) is 6.80. The van der Waals surface area contributed by atoms with E-state index >= 15 is 0 Å². The van der Waals surface area contributed by atoms with Gasteiger partial charge in [0.25, 0.3) is 0 Å². The third-order valence-corrected chi connectivity index (χ3v) is 8.86. The SMILES string of the molecule is COCCO[C@H]1CC[C@@]2(O)[C@H]3Cc4ccc(O)c5c4[C@@]2(CCN3CC2CCC2)[C@H]1O5. The summed E-state index contributed by atoms with van der Waals surface area (Å²) in [6, 6.07) is 3.93. The third kappa shape index (κ3) is 2.39. The summed E-state index contributed by atoms with van der Waals surface area (Å²) in [5.74, 6) is 1.55. The van der Waals surface area contributed by atoms with Crippen LogP contribution in [0.25, 0.3) is 0 Å². The molecule has 2 saturated carbocycles. The highest BCUT2D eigenvalue weighted by Crippen LogP contribution is 2.65. The molecule has 1 aromatic rings. The zero-order chi connectivity index (χ0) is 20.5. The average Bonchev–Trinajstić information content (AvgIpc) is 3.05. The van der Waals surface area contributed by atoms with Crippen molar-refractivity contribution in [2.24, 2.45) is 5.92 Å². The average molecular weight is 416 g/mol. The van der Waals surface area contributed by atoms with E-state index in [1.807, 2.05) is 0 Å². The van der Waals surface area contributed by atoms with Gasteiger partial charge in [-0.1, -0.05) is 12.5 Å². The van der Waals surface area contributed by atoms with Gasteiger partial charge in [0.1, 0.15) is 6.10 Å². The molecule has 0 unspecified atom stereocenters. The number of aromatic hydroxyl groups is 1. The van der Waals surface area contributed by atoms with Crippen LogP contribution in [0.2, 0.25) is 0 Å². The molecule has 5 atom stereocenters. The van der Waals surface area contributed by atoms with Crippen molar-refractivity contribution in [2.45, 2.75) is 74.2 Å². The summed E-state index contributed by atoms with van der Waals surface area (Å²) >= 11 is 0. The lowest BCUT2D eigenvalue weighted by Gasteiger charge is -2.64. The van der Waals surface area contributed by atoms with Crippen LogP contribution >= 0.6 is 0 Å². The Morgan fingerprint density at radius 3 is 2.83 bits per heavy atom. The van der Waals surface area contributed by atoms with E-state index in [2.05, 4.69) is 11.0 Å². The Hall–Kier alpha value is -1.34. The van der Waals surface area contributed by atoms with Crippen LogP contribution in [0.3, 0.4) is 0 Å². The van der Waals surface area contributed by atoms with E-state index in [0.29, 0.717) is 25.4 Å². The number of rotatable bonds is 6. The molecule has 2 heterocycles. The van der Waals surface area contributed by atoms with Crippen LogP contribution in [0.5, 0.6) is 11.5 Å². The van der Waals surface area contributed by atoms with Crippen LogP contribution in [0.1, 0.15) is 49.7 Å². The Kier molecular flexibility index (Phi) is 4.40. The topological polar surface area (TPSA) is 71.4 Å². The van der Waals surface area contributed by atoms with E-state index in [-0.39, 0.29) is 24.0 Å². The van der Waals surface area contributed by atoms with Crippen LogP contribution < -0.4 is 4.74 Å². The monoisotopic (exact) mass is 415 g/mol. The van der Waals surface area contributed by atoms with Gasteiger partial charge >= 0.3 is 0 Å². The molecule has 1 spiro atoms. The van der Waals surface area contributed by atoms with Crippen molar-refractivity contribution in [1.82, 2.24) is 4.90 Å². The first kappa shape index (κ1) is 19.4. The Morgan fingerprint density at radius 1 is 1.20 bits per heavy atom. The van der Waals surface area contributed by atoms with Gasteiger partial charge in [0, 0.05) is 25.3 Å². The minimum Gasteiger partial charge on any atom is -0.504 e. The lowest BCUT2D eigenvalue weighted by atomic mass is 9.48. The van der Waals surface area contributed by atoms with Crippen molar-refractivity contribution in [2.75, 3.05) is 33.4 Å². The van der Waals surface area contributed by atoms with Crippen LogP contribution in [-0.4, -0.2) is 72.4 Å². The molecule has 30 heavy (non-hydrogen) atoms. The summed E-state index contributed by atoms with van der Waals surface area (Å²) in [5, 5.41) is 23.0. The standard InChI is InChI=1S/C24H33NO5/c1-28-11-12-29-18-7-8-24(27)19-13-16-5-6-17(26)21-20(16)23(24,22(18)30-21)9-10-25(19)14-15-3-2-4-15/h5-6,15,18-19,22,26-27H,2-4,7-14H2,1H3/t18-,19+,22-,23-,24+/m0/s1. The molecule has 0 radical (unpaired) electrons. The highest BCUT2D eigenvalue weighted by molar-refractivity contribution is 5.62. The number of methoxy groups -OCH3 is 1. The van der Waals surface area contributed by atoms with Crippen LogP contribution in [-0.2, 0) is 21.3 Å². The van der Waals surface area contributed by atoms with E-state index in [4.69, 9.17) is 14.2 Å². The first-order chi connectivity index (χ1) is 14.6. The second-order valence-electron chi connectivity index (χ2n) is 10.1. The molecule has 6 heteroatoms. The van der Waals surface area contributed by atoms with E-state index < -0.39 is 11.0 Å². The van der Waals surface area contributed by atoms with Gasteiger partial charge in [-0.3, -0.25) is 4.90 Å². The van der Waals surface area contributed by atoms with Gasteiger partial charge in [-0.15, -0.1) is 0 Å². The molecule has 6 rings (SSSR count). The number of likely N-dealkylation sites (tertiary alicyclic amines) is 1. The summed E-state index contributed by atoms with van der Waals surface area (Å²) < 4.78 is 17.9. The predicted molar refractivity (Wildman–Crippen MR) is 111 cm³/mol. The smallest absolute Gasteiger partial charge is 0.165 e. The first-order valence-corrected chi connectivity index (χ1v) is 11.7. The fourth-order valence-electron chi connectivity index (χ4n) is 7.26. The van der Waals surface area contributed by atoms with E-state index in [1.165, 1.54) is 24.8 Å². The minimum absolute atomic E-state index is 0.1000. The molecule has 1 saturated heterocycles. The second kappa shape index (κ2) is 6.83. The number of hydrogen-bond donors (Lipinski definition) is 2. The number of phenols is 1. The number of aliphatic hydroxyl groups is 1. The van der Waals surface area contributed by atoms with Gasteiger partial charge in [-0.2, -0.15) is 0 Å². The minimum atomic E-state index is -0.840. The van der Waals surface area contributed by atoms with Gasteiger partial charge in [-0.05, 0) is 62.6 Å². The molecular weight excluding hydrogens is 382 g/mol. The summed E-state index contributed by atoms with van der Waals surface area (Å²) in [5.41, 5.74) is 0.962. The van der Waals surface area contributed by atoms with Gasteiger partial charge in [-0.25, -0.2) is 0 Å². The molecule has 3 fully saturated rings. The maximum Gasteiger partial charge on any atom is 0.165 e. The quantitative estimate of drug-likeness (QED) is 0.695. The molecule has 164 valence electrons. The molecule has 2 bridgehead atoms. The lowest BCUT2D eigenvalue weighted by Crippen LogP contribution is -2.77. The number of piperidine rings is 1. The van der Waals surface area contributed by atoms with Crippen molar-refractivity contribution in [3.63, 3.8) is 0 Å². The summed E-state index contributed by atoms with van der Waals surface area (Å²) in [7, 11) is 1.68. The number of hydrogen-bond acceptors (Lipinski definition) is 6. The van der Waals surface area contributed by atoms with Crippen molar-refractivity contribution in [3.05, 3.63) is 23.3 Å². The fourth-order valence-corrected chi connectivity index (χ4v) is 7.26. The van der Waals surface area contributed by atoms with Gasteiger partial charge in [0.2, 0.25) is 0 Å². The molecule has 2 aliphatic heterocycles. The van der Waals surface area contributed by atoms with E-state index in [9.17, 15) is 10.2 Å². The molecule has 6 nitrogen and oxygen atoms in total. The Balaban J connectivity index is 1.42. The fraction of sp³-hybridized carbons (Fsp3) is 0.750. The Morgan fingerprint density at radius 2 is 2.07 bits per heavy atom. The predicted octanol–water partition coefficient (Wildman–Crippen LogP) is 2.38. The van der Waals surface area contributed by atoms with Crippen molar-refractivity contribution in [1.29, 1.82) is 0 Å². The molecule has 5 aliphatic rings. The van der Waals surface area contributed by atoms with Crippen molar-refractivity contribution < 1.29 is 24.4 Å². The van der Waals surface area contributed by atoms with E-state index in [1.54, 1.807) is 13.2 Å². The first-order valence-electron chi connectivity index (χ1n) is 11.7. The molecule has 3 aliphatic carbocycles. The third-order valence-electron chi connectivity index (χ3n) is 8.86. The van der Waals surface area contributed by atoms with Gasteiger partial charge < -0.3 is 24.4 Å². The number of phenolic OH excluding ortho intramolecular Hbond substituents is 1. The van der Waals surface area contributed by atoms with Gasteiger partial charge in [0.05, 0.1) is 30.3 Å². The Bertz CT molecular complexity index is 841. The van der Waals surface area contributed by atoms with Gasteiger partial charge in [0.15, 0.2) is 11.5 Å². The number of nitrogens with zero attached hydrogens (tertiary/aromatic N) is 1. The maximum absolute atomic E-state index is 12.4. The normalized spacial score (nSPS) is 39.3. The number of ether oxygens (including phenoxy) is 3. The number of benzene rings is 1. The van der Waals surface area contributed by atoms with Crippen molar-refractivity contribution in [3.8, 4) is 11.5 Å². The zero-order valence-electron chi connectivity index (χ0n) is 17.8. The van der Waals surface area contributed by atoms with Crippen molar-refractivity contribution >= 4 is 0 Å². The Labute approximate surface area is 178 Å².